The van der Waals surface area contributed by atoms with Gasteiger partial charge in [-0.15, -0.1) is 0 Å². The van der Waals surface area contributed by atoms with Gasteiger partial charge in [-0.3, -0.25) is 10.1 Å². The molecule has 2 aromatic rings. The third-order valence-electron chi connectivity index (χ3n) is 4.15. The van der Waals surface area contributed by atoms with Crippen LogP contribution in [-0.4, -0.2) is 25.4 Å². The number of nitrogens with zero attached hydrogens (tertiary/aromatic N) is 1. The number of rotatable bonds is 5. The van der Waals surface area contributed by atoms with E-state index in [1.165, 1.54) is 32.2 Å². The van der Waals surface area contributed by atoms with Crippen LogP contribution in [0.15, 0.2) is 24.3 Å². The number of nitro groups is 1. The second kappa shape index (κ2) is 14.3. The molecule has 33 heavy (non-hydrogen) atoms. The molecular weight excluding hydrogens is 443 g/mol. The van der Waals surface area contributed by atoms with Gasteiger partial charge in [0.15, 0.2) is 0 Å². The number of hydrogen-bond donors (Lipinski definition) is 1. The molecule has 0 aliphatic carbocycles. The van der Waals surface area contributed by atoms with Crippen molar-refractivity contribution in [2.45, 2.75) is 53.9 Å². The number of methoxy groups -OCH3 is 2. The van der Waals surface area contributed by atoms with E-state index in [4.69, 9.17) is 9.47 Å². The zero-order valence-electron chi connectivity index (χ0n) is 21.2. The number of ether oxygens (including phenoxy) is 2. The van der Waals surface area contributed by atoms with Crippen molar-refractivity contribution in [2.24, 2.45) is 0 Å². The van der Waals surface area contributed by atoms with Gasteiger partial charge in [-0.1, -0.05) is 72.3 Å². The Hall–Kier alpha value is -2.92. The fourth-order valence-electron chi connectivity index (χ4n) is 2.74. The second-order valence-corrected chi connectivity index (χ2v) is 7.76. The normalized spacial score (nSPS) is 9.79. The van der Waals surface area contributed by atoms with Crippen LogP contribution in [0.2, 0.25) is 0 Å². The van der Waals surface area contributed by atoms with Gasteiger partial charge in [-0.2, -0.15) is 4.39 Å². The third kappa shape index (κ3) is 7.86. The number of halogens is 1. The smallest absolute Gasteiger partial charge is 0.306 e. The van der Waals surface area contributed by atoms with Gasteiger partial charge >= 0.3 is 5.69 Å². The summed E-state index contributed by atoms with van der Waals surface area (Å²) in [5, 5.41) is 11.4. The summed E-state index contributed by atoms with van der Waals surface area (Å²) in [7, 11) is 2.93. The Balaban J connectivity index is 0.00000242. The van der Waals surface area contributed by atoms with E-state index in [1.807, 2.05) is 54.7 Å². The zero-order chi connectivity index (χ0) is 25.8. The summed E-state index contributed by atoms with van der Waals surface area (Å²) in [5.74, 6) is 5.34. The van der Waals surface area contributed by atoms with E-state index in [0.29, 0.717) is 16.9 Å². The molecule has 0 amide bonds. The standard InChI is InChI=1S/C21H23FN2O4S.2C2H6/c1-21(2,3)15-12-17(24(25)26)19(22)14(20(15)28-5)9-7-13-8-10-16(23-29-6)18(11-13)27-4;2*1-2/h8,10-12,23H,1-6H3;2*1-2H3. The van der Waals surface area contributed by atoms with E-state index in [-0.39, 0.29) is 11.3 Å². The molecular formula is C25H35FN2O4S. The summed E-state index contributed by atoms with van der Waals surface area (Å²) in [6.07, 6.45) is 1.89. The highest BCUT2D eigenvalue weighted by Crippen LogP contribution is 2.39. The van der Waals surface area contributed by atoms with Crippen LogP contribution in [0.3, 0.4) is 0 Å². The highest BCUT2D eigenvalue weighted by molar-refractivity contribution is 7.99. The van der Waals surface area contributed by atoms with E-state index >= 15 is 0 Å². The van der Waals surface area contributed by atoms with Crippen molar-refractivity contribution in [3.8, 4) is 23.3 Å². The molecule has 0 aliphatic rings. The number of hydrogen-bond acceptors (Lipinski definition) is 6. The van der Waals surface area contributed by atoms with Crippen LogP contribution in [0.1, 0.15) is 65.2 Å². The van der Waals surface area contributed by atoms with Crippen LogP contribution in [0.5, 0.6) is 11.5 Å². The van der Waals surface area contributed by atoms with Crippen molar-refractivity contribution in [2.75, 3.05) is 25.2 Å². The van der Waals surface area contributed by atoms with Crippen LogP contribution >= 0.6 is 11.9 Å². The number of nitro benzene ring substituents is 1. The fraction of sp³-hybridized carbons (Fsp3) is 0.440. The fourth-order valence-corrected chi connectivity index (χ4v) is 3.13. The molecule has 2 aromatic carbocycles. The van der Waals surface area contributed by atoms with E-state index in [2.05, 4.69) is 16.6 Å². The van der Waals surface area contributed by atoms with Crippen molar-refractivity contribution >= 4 is 23.3 Å². The topological polar surface area (TPSA) is 73.6 Å². The van der Waals surface area contributed by atoms with Gasteiger partial charge in [0.25, 0.3) is 0 Å². The Morgan fingerprint density at radius 2 is 1.67 bits per heavy atom. The second-order valence-electron chi connectivity index (χ2n) is 7.14. The van der Waals surface area contributed by atoms with Gasteiger partial charge in [-0.25, -0.2) is 0 Å². The Labute approximate surface area is 201 Å². The lowest BCUT2D eigenvalue weighted by atomic mass is 9.84. The first kappa shape index (κ1) is 30.1. The maximum Gasteiger partial charge on any atom is 0.306 e. The van der Waals surface area contributed by atoms with Crippen molar-refractivity contribution in [1.82, 2.24) is 0 Å². The van der Waals surface area contributed by atoms with Gasteiger partial charge in [-0.05, 0) is 23.6 Å². The highest BCUT2D eigenvalue weighted by atomic mass is 32.2. The predicted octanol–water partition coefficient (Wildman–Crippen LogP) is 7.19. The predicted molar refractivity (Wildman–Crippen MR) is 137 cm³/mol. The average Bonchev–Trinajstić information content (AvgIpc) is 2.80. The minimum Gasteiger partial charge on any atom is -0.495 e. The molecule has 0 saturated carbocycles. The van der Waals surface area contributed by atoms with Crippen molar-refractivity contribution in [3.05, 3.63) is 56.9 Å². The van der Waals surface area contributed by atoms with E-state index in [9.17, 15) is 14.5 Å². The molecule has 0 spiro atoms. The van der Waals surface area contributed by atoms with Crippen LogP contribution < -0.4 is 14.2 Å². The van der Waals surface area contributed by atoms with Gasteiger partial charge in [0.05, 0.1) is 24.8 Å². The Kier molecular flexibility index (Phi) is 13.0. The van der Waals surface area contributed by atoms with E-state index in [1.54, 1.807) is 18.2 Å². The maximum atomic E-state index is 14.9. The monoisotopic (exact) mass is 478 g/mol. The molecule has 6 nitrogen and oxygen atoms in total. The molecule has 0 bridgehead atoms. The van der Waals surface area contributed by atoms with Crippen LogP contribution in [0.4, 0.5) is 15.8 Å². The van der Waals surface area contributed by atoms with Crippen LogP contribution in [-0.2, 0) is 5.41 Å². The number of nitrogens with one attached hydrogen (secondary N) is 1. The van der Waals surface area contributed by atoms with Crippen LogP contribution in [0, 0.1) is 27.8 Å². The molecule has 0 radical (unpaired) electrons. The molecule has 0 atom stereocenters. The molecule has 2 rings (SSSR count). The SMILES string of the molecule is CC.CC.COc1cc(C#Cc2c(F)c([N+](=O)[O-])cc(C(C)(C)C)c2OC)ccc1NSC. The molecule has 0 unspecified atom stereocenters. The lowest BCUT2D eigenvalue weighted by molar-refractivity contribution is -0.387. The first-order chi connectivity index (χ1) is 15.6. The maximum absolute atomic E-state index is 14.9. The molecule has 8 heteroatoms. The quantitative estimate of drug-likeness (QED) is 0.212. The highest BCUT2D eigenvalue weighted by Gasteiger charge is 2.30. The van der Waals surface area contributed by atoms with Gasteiger partial charge < -0.3 is 14.2 Å². The van der Waals surface area contributed by atoms with Crippen molar-refractivity contribution < 1.29 is 18.8 Å². The lowest BCUT2D eigenvalue weighted by Crippen LogP contribution is -2.15. The van der Waals surface area contributed by atoms with E-state index in [0.717, 1.165) is 5.69 Å². The largest absolute Gasteiger partial charge is 0.495 e. The first-order valence-corrected chi connectivity index (χ1v) is 11.9. The molecule has 0 heterocycles. The Morgan fingerprint density at radius 3 is 2.12 bits per heavy atom. The Bertz CT molecular complexity index is 993. The summed E-state index contributed by atoms with van der Waals surface area (Å²) in [6, 6.07) is 6.46. The molecule has 1 N–H and O–H groups in total. The zero-order valence-corrected chi connectivity index (χ0v) is 22.0. The summed E-state index contributed by atoms with van der Waals surface area (Å²) < 4.78 is 28.7. The lowest BCUT2D eigenvalue weighted by Gasteiger charge is -2.23. The molecule has 0 fully saturated rings. The number of anilines is 1. The molecule has 0 saturated heterocycles. The van der Waals surface area contributed by atoms with Crippen molar-refractivity contribution in [1.29, 1.82) is 0 Å². The molecule has 0 aromatic heterocycles. The van der Waals surface area contributed by atoms with Crippen molar-refractivity contribution in [3.63, 3.8) is 0 Å². The minimum atomic E-state index is -1.01. The van der Waals surface area contributed by atoms with Gasteiger partial charge in [0.2, 0.25) is 5.82 Å². The Morgan fingerprint density at radius 1 is 1.06 bits per heavy atom. The third-order valence-corrected chi connectivity index (χ3v) is 4.58. The van der Waals surface area contributed by atoms with Gasteiger partial charge in [0, 0.05) is 23.4 Å². The minimum absolute atomic E-state index is 0.142. The summed E-state index contributed by atoms with van der Waals surface area (Å²) in [4.78, 5) is 10.6. The average molecular weight is 479 g/mol. The van der Waals surface area contributed by atoms with E-state index < -0.39 is 21.8 Å². The van der Waals surface area contributed by atoms with Crippen LogP contribution in [0.25, 0.3) is 0 Å². The molecule has 182 valence electrons. The number of benzene rings is 2. The molecule has 0 aliphatic heterocycles. The summed E-state index contributed by atoms with van der Waals surface area (Å²) in [5.41, 5.74) is 0.580. The summed E-state index contributed by atoms with van der Waals surface area (Å²) >= 11 is 1.42. The first-order valence-electron chi connectivity index (χ1n) is 10.7. The van der Waals surface area contributed by atoms with Gasteiger partial charge in [0.1, 0.15) is 17.1 Å². The summed E-state index contributed by atoms with van der Waals surface area (Å²) in [6.45, 7) is 13.6.